The van der Waals surface area contributed by atoms with Gasteiger partial charge in [-0.25, -0.2) is 4.98 Å². The van der Waals surface area contributed by atoms with Crippen LogP contribution in [0, 0.1) is 0 Å². The van der Waals surface area contributed by atoms with Crippen molar-refractivity contribution in [1.82, 2.24) is 20.3 Å². The molecule has 1 aliphatic heterocycles. The summed E-state index contributed by atoms with van der Waals surface area (Å²) in [5.74, 6) is 1.96. The monoisotopic (exact) mass is 270 g/mol. The Morgan fingerprint density at radius 3 is 3.15 bits per heavy atom. The zero-order valence-corrected chi connectivity index (χ0v) is 10.9. The molecule has 0 amide bonds. The van der Waals surface area contributed by atoms with Crippen molar-refractivity contribution in [1.29, 1.82) is 0 Å². The van der Waals surface area contributed by atoms with Crippen LogP contribution in [0.3, 0.4) is 0 Å². The Balaban J connectivity index is 1.59. The lowest BCUT2D eigenvalue weighted by atomic mass is 10.1. The van der Waals surface area contributed by atoms with Gasteiger partial charge in [-0.15, -0.1) is 0 Å². The Morgan fingerprint density at radius 2 is 2.25 bits per heavy atom. The highest BCUT2D eigenvalue weighted by molar-refractivity contribution is 5.79. The van der Waals surface area contributed by atoms with Crippen LogP contribution in [0.15, 0.2) is 28.8 Å². The van der Waals surface area contributed by atoms with Crippen molar-refractivity contribution in [3.8, 4) is 0 Å². The number of hydrogen-bond acceptors (Lipinski definition) is 5. The summed E-state index contributed by atoms with van der Waals surface area (Å²) in [7, 11) is 0. The molecule has 0 saturated carbocycles. The van der Waals surface area contributed by atoms with E-state index in [-0.39, 0.29) is 0 Å². The van der Waals surface area contributed by atoms with Gasteiger partial charge in [0.25, 0.3) is 0 Å². The van der Waals surface area contributed by atoms with Crippen molar-refractivity contribution in [2.45, 2.75) is 18.8 Å². The molecule has 3 heterocycles. The molecular weight excluding hydrogens is 256 g/mol. The predicted molar refractivity (Wildman–Crippen MR) is 71.4 cm³/mol. The van der Waals surface area contributed by atoms with Gasteiger partial charge in [0.2, 0.25) is 0 Å². The Bertz CT molecular complexity index is 727. The van der Waals surface area contributed by atoms with E-state index in [1.165, 1.54) is 0 Å². The van der Waals surface area contributed by atoms with Crippen molar-refractivity contribution in [2.24, 2.45) is 0 Å². The average Bonchev–Trinajstić information content (AvgIpc) is 3.19. The van der Waals surface area contributed by atoms with Crippen molar-refractivity contribution in [3.05, 3.63) is 41.6 Å². The summed E-state index contributed by atoms with van der Waals surface area (Å²) in [4.78, 5) is 4.55. The molecule has 1 N–H and O–H groups in total. The van der Waals surface area contributed by atoms with E-state index in [9.17, 15) is 0 Å². The molecule has 1 fully saturated rings. The molecule has 0 aliphatic carbocycles. The molecule has 4 rings (SSSR count). The fourth-order valence-corrected chi connectivity index (χ4v) is 2.53. The number of rotatable bonds is 3. The quantitative estimate of drug-likeness (QED) is 0.788. The zero-order chi connectivity index (χ0) is 13.4. The topological polar surface area (TPSA) is 76.8 Å². The second-order valence-electron chi connectivity index (χ2n) is 5.00. The van der Waals surface area contributed by atoms with Crippen molar-refractivity contribution in [3.63, 3.8) is 0 Å². The highest BCUT2D eigenvalue weighted by atomic mass is 16.5. The molecule has 3 aromatic rings. The number of hydrogen-bond donors (Lipinski definition) is 1. The first kappa shape index (κ1) is 11.6. The van der Waals surface area contributed by atoms with Crippen molar-refractivity contribution < 1.29 is 9.26 Å². The lowest BCUT2D eigenvalue weighted by Gasteiger charge is -1.98. The van der Waals surface area contributed by atoms with E-state index in [0.717, 1.165) is 41.3 Å². The van der Waals surface area contributed by atoms with Gasteiger partial charge in [-0.05, 0) is 18.6 Å². The molecule has 1 unspecified atom stereocenters. The fourth-order valence-electron chi connectivity index (χ4n) is 2.53. The molecule has 1 aliphatic rings. The minimum Gasteiger partial charge on any atom is -0.381 e. The summed E-state index contributed by atoms with van der Waals surface area (Å²) in [5.41, 5.74) is 1.68. The van der Waals surface area contributed by atoms with Crippen LogP contribution >= 0.6 is 0 Å². The van der Waals surface area contributed by atoms with Crippen LogP contribution in [0.5, 0.6) is 0 Å². The average molecular weight is 270 g/mol. The Morgan fingerprint density at radius 1 is 1.30 bits per heavy atom. The van der Waals surface area contributed by atoms with Crippen LogP contribution < -0.4 is 0 Å². The summed E-state index contributed by atoms with van der Waals surface area (Å²) >= 11 is 0. The summed E-state index contributed by atoms with van der Waals surface area (Å²) in [6.07, 6.45) is 1.59. The molecule has 1 aromatic carbocycles. The number of fused-ring (bicyclic) bond motifs is 1. The second kappa shape index (κ2) is 4.72. The molecule has 6 nitrogen and oxygen atoms in total. The smallest absolute Gasteiger partial charge is 0.167 e. The number of nitrogens with one attached hydrogen (secondary N) is 1. The van der Waals surface area contributed by atoms with Crippen LogP contribution in [-0.4, -0.2) is 33.6 Å². The maximum Gasteiger partial charge on any atom is 0.167 e. The summed E-state index contributed by atoms with van der Waals surface area (Å²) in [5, 5.41) is 12.4. The molecule has 1 atom stereocenters. The molecule has 6 heteroatoms. The molecule has 0 radical (unpaired) electrons. The third-order valence-corrected chi connectivity index (χ3v) is 3.63. The van der Waals surface area contributed by atoms with Gasteiger partial charge >= 0.3 is 0 Å². The van der Waals surface area contributed by atoms with Crippen LogP contribution in [-0.2, 0) is 11.2 Å². The first-order chi connectivity index (χ1) is 9.90. The van der Waals surface area contributed by atoms with Crippen LogP contribution in [0.4, 0.5) is 0 Å². The second-order valence-corrected chi connectivity index (χ2v) is 5.00. The van der Waals surface area contributed by atoms with E-state index in [0.29, 0.717) is 18.9 Å². The highest BCUT2D eigenvalue weighted by Gasteiger charge is 2.22. The minimum absolute atomic E-state index is 0.314. The zero-order valence-electron chi connectivity index (χ0n) is 10.9. The third-order valence-electron chi connectivity index (χ3n) is 3.63. The lowest BCUT2D eigenvalue weighted by molar-refractivity contribution is 0.193. The lowest BCUT2D eigenvalue weighted by Crippen LogP contribution is -2.00. The third kappa shape index (κ3) is 1.98. The van der Waals surface area contributed by atoms with Gasteiger partial charge in [0.05, 0.1) is 18.7 Å². The maximum atomic E-state index is 5.36. The van der Waals surface area contributed by atoms with E-state index < -0.39 is 0 Å². The predicted octanol–water partition coefficient (Wildman–Crippen LogP) is 2.04. The van der Waals surface area contributed by atoms with E-state index in [1.807, 2.05) is 24.3 Å². The first-order valence-electron chi connectivity index (χ1n) is 6.72. The normalized spacial score (nSPS) is 18.9. The van der Waals surface area contributed by atoms with Gasteiger partial charge < -0.3 is 9.26 Å². The molecule has 0 spiro atoms. The number of nitrogens with zero attached hydrogens (tertiary/aromatic N) is 3. The van der Waals surface area contributed by atoms with Crippen LogP contribution in [0.25, 0.3) is 11.0 Å². The number of H-pyrrole nitrogens is 1. The number of aromatic nitrogens is 4. The van der Waals surface area contributed by atoms with Gasteiger partial charge in [0.1, 0.15) is 5.82 Å². The number of ether oxygens (including phenoxy) is 1. The SMILES string of the molecule is c1ccc2c(Cc3nc(C4CCOC4)n[nH]3)noc2c1. The number of aromatic amines is 1. The Kier molecular flexibility index (Phi) is 2.74. The maximum absolute atomic E-state index is 5.36. The fraction of sp³-hybridized carbons (Fsp3) is 0.357. The van der Waals surface area contributed by atoms with Crippen molar-refractivity contribution >= 4 is 11.0 Å². The van der Waals surface area contributed by atoms with E-state index >= 15 is 0 Å². The van der Waals surface area contributed by atoms with Gasteiger partial charge in [0.15, 0.2) is 11.4 Å². The number of benzene rings is 1. The van der Waals surface area contributed by atoms with Gasteiger partial charge in [-0.2, -0.15) is 5.10 Å². The largest absolute Gasteiger partial charge is 0.381 e. The molecular formula is C14H14N4O2. The standard InChI is InChI=1S/C14H14N4O2/c1-2-4-12-10(3-1)11(18-20-12)7-13-15-14(17-16-13)9-5-6-19-8-9/h1-4,9H,5-8H2,(H,15,16,17). The highest BCUT2D eigenvalue weighted by Crippen LogP contribution is 2.23. The molecule has 2 aromatic heterocycles. The summed E-state index contributed by atoms with van der Waals surface area (Å²) < 4.78 is 10.7. The molecule has 102 valence electrons. The van der Waals surface area contributed by atoms with Gasteiger partial charge in [-0.1, -0.05) is 17.3 Å². The molecule has 0 bridgehead atoms. The minimum atomic E-state index is 0.314. The van der Waals surface area contributed by atoms with E-state index in [2.05, 4.69) is 20.3 Å². The van der Waals surface area contributed by atoms with Crippen LogP contribution in [0.2, 0.25) is 0 Å². The van der Waals surface area contributed by atoms with E-state index in [4.69, 9.17) is 9.26 Å². The van der Waals surface area contributed by atoms with Gasteiger partial charge in [-0.3, -0.25) is 5.10 Å². The molecule has 1 saturated heterocycles. The molecule has 20 heavy (non-hydrogen) atoms. The van der Waals surface area contributed by atoms with Crippen molar-refractivity contribution in [2.75, 3.05) is 13.2 Å². The number of para-hydroxylation sites is 1. The van der Waals surface area contributed by atoms with Gasteiger partial charge in [0, 0.05) is 17.9 Å². The Labute approximate surface area is 115 Å². The Hall–Kier alpha value is -2.21. The van der Waals surface area contributed by atoms with Crippen LogP contribution in [0.1, 0.15) is 29.7 Å². The van der Waals surface area contributed by atoms with E-state index in [1.54, 1.807) is 0 Å². The first-order valence-corrected chi connectivity index (χ1v) is 6.72. The summed E-state index contributed by atoms with van der Waals surface area (Å²) in [6, 6.07) is 7.82. The summed E-state index contributed by atoms with van der Waals surface area (Å²) in [6.45, 7) is 1.51.